The van der Waals surface area contributed by atoms with Crippen molar-refractivity contribution in [2.75, 3.05) is 5.01 Å². The lowest BCUT2D eigenvalue weighted by Crippen LogP contribution is -2.80. The molecule has 4 saturated carbocycles. The number of rotatable bonds is 2. The maximum absolute atomic E-state index is 13.4. The van der Waals surface area contributed by atoms with E-state index in [1.54, 1.807) is 0 Å². The van der Waals surface area contributed by atoms with Gasteiger partial charge in [0, 0.05) is 10.3 Å². The van der Waals surface area contributed by atoms with Crippen LogP contribution < -0.4 is 5.01 Å². The number of hydrazine groups is 1. The fraction of sp³-hybridized carbons (Fsp3) is 0.542. The standard InChI is InChI=1S/C24H27ClN2O/c1-23(2)22(28)26(21-17-10-15-11-18(21)14-24(25,12-15)13-17)27(23)20-9-5-7-16-6-3-4-8-19(16)20/h3-9,15,17-18,21H,10-14H2,1-2H3. The second-order valence-corrected chi connectivity index (χ2v) is 10.9. The number of carbonyl (C=O) groups excluding carboxylic acids is 1. The SMILES string of the molecule is CC1(C)C(=O)N(C2C3CC4CC2CC(Cl)(C4)C3)N1c1cccc2ccccc12. The lowest BCUT2D eigenvalue weighted by atomic mass is 9.53. The van der Waals surface area contributed by atoms with E-state index in [1.165, 1.54) is 30.0 Å². The number of hydrogen-bond donors (Lipinski definition) is 0. The molecule has 0 radical (unpaired) electrons. The van der Waals surface area contributed by atoms with E-state index in [0.717, 1.165) is 24.4 Å². The van der Waals surface area contributed by atoms with E-state index in [4.69, 9.17) is 11.6 Å². The number of hydrogen-bond acceptors (Lipinski definition) is 2. The molecular weight excluding hydrogens is 368 g/mol. The normalized spacial score (nSPS) is 38.2. The average molecular weight is 395 g/mol. The summed E-state index contributed by atoms with van der Waals surface area (Å²) in [6.07, 6.45) is 5.80. The molecule has 4 aliphatic carbocycles. The minimum absolute atomic E-state index is 0.000701. The summed E-state index contributed by atoms with van der Waals surface area (Å²) in [6.45, 7) is 4.12. The van der Waals surface area contributed by atoms with Crippen LogP contribution in [-0.2, 0) is 4.79 Å². The zero-order valence-corrected chi connectivity index (χ0v) is 17.3. The van der Waals surface area contributed by atoms with Crippen molar-refractivity contribution in [3.63, 3.8) is 0 Å². The summed E-state index contributed by atoms with van der Waals surface area (Å²) >= 11 is 6.97. The third-order valence-electron chi connectivity index (χ3n) is 7.90. The summed E-state index contributed by atoms with van der Waals surface area (Å²) in [5.41, 5.74) is 0.648. The summed E-state index contributed by atoms with van der Waals surface area (Å²) in [4.78, 5) is 13.4. The van der Waals surface area contributed by atoms with Gasteiger partial charge in [0.15, 0.2) is 0 Å². The van der Waals surface area contributed by atoms with Crippen LogP contribution in [0.1, 0.15) is 46.0 Å². The van der Waals surface area contributed by atoms with Gasteiger partial charge in [0.05, 0.1) is 11.7 Å². The van der Waals surface area contributed by atoms with E-state index in [2.05, 4.69) is 66.3 Å². The van der Waals surface area contributed by atoms with Crippen molar-refractivity contribution >= 4 is 34.0 Å². The number of halogens is 1. The van der Waals surface area contributed by atoms with Crippen LogP contribution in [0.4, 0.5) is 5.69 Å². The topological polar surface area (TPSA) is 23.6 Å². The van der Waals surface area contributed by atoms with Gasteiger partial charge in [-0.3, -0.25) is 9.80 Å². The Morgan fingerprint density at radius 1 is 0.964 bits per heavy atom. The van der Waals surface area contributed by atoms with E-state index in [-0.39, 0.29) is 10.8 Å². The fourth-order valence-electron chi connectivity index (χ4n) is 7.06. The first-order valence-electron chi connectivity index (χ1n) is 10.7. The first-order valence-corrected chi connectivity index (χ1v) is 11.1. The predicted molar refractivity (Wildman–Crippen MR) is 113 cm³/mol. The second-order valence-electron chi connectivity index (χ2n) is 10.1. The monoisotopic (exact) mass is 394 g/mol. The Bertz CT molecular complexity index is 964. The van der Waals surface area contributed by atoms with E-state index in [9.17, 15) is 4.79 Å². The van der Waals surface area contributed by atoms with Crippen LogP contribution in [0.25, 0.3) is 10.8 Å². The molecule has 0 spiro atoms. The molecule has 2 aromatic carbocycles. The number of amides is 1. The molecule has 2 atom stereocenters. The van der Waals surface area contributed by atoms with Crippen LogP contribution in [0.15, 0.2) is 42.5 Å². The lowest BCUT2D eigenvalue weighted by Gasteiger charge is -2.67. The summed E-state index contributed by atoms with van der Waals surface area (Å²) in [7, 11) is 0. The van der Waals surface area contributed by atoms with Crippen LogP contribution in [0, 0.1) is 17.8 Å². The number of benzene rings is 2. The second kappa shape index (κ2) is 5.44. The fourth-order valence-corrected chi connectivity index (χ4v) is 7.68. The molecule has 1 saturated heterocycles. The van der Waals surface area contributed by atoms with Gasteiger partial charge in [0.1, 0.15) is 5.54 Å². The Kier molecular flexibility index (Phi) is 3.33. The van der Waals surface area contributed by atoms with E-state index in [1.807, 2.05) is 0 Å². The van der Waals surface area contributed by atoms with E-state index in [0.29, 0.717) is 17.9 Å². The smallest absolute Gasteiger partial charge is 0.268 e. The molecule has 1 amide bonds. The summed E-state index contributed by atoms with van der Waals surface area (Å²) < 4.78 is 0. The first-order chi connectivity index (χ1) is 13.4. The van der Waals surface area contributed by atoms with Gasteiger partial charge in [-0.2, -0.15) is 0 Å². The molecule has 4 bridgehead atoms. The van der Waals surface area contributed by atoms with Crippen molar-refractivity contribution in [3.8, 4) is 0 Å². The third kappa shape index (κ3) is 2.14. The van der Waals surface area contributed by atoms with Gasteiger partial charge in [-0.15, -0.1) is 11.6 Å². The highest BCUT2D eigenvalue weighted by atomic mass is 35.5. The molecule has 0 aromatic heterocycles. The van der Waals surface area contributed by atoms with Gasteiger partial charge in [-0.05, 0) is 75.2 Å². The predicted octanol–water partition coefficient (Wildman–Crippen LogP) is 5.37. The summed E-state index contributed by atoms with van der Waals surface area (Å²) in [6, 6.07) is 15.2. The zero-order valence-electron chi connectivity index (χ0n) is 16.6. The largest absolute Gasteiger partial charge is 0.270 e. The molecule has 1 aliphatic heterocycles. The van der Waals surface area contributed by atoms with Gasteiger partial charge in [-0.25, -0.2) is 5.01 Å². The van der Waals surface area contributed by atoms with Gasteiger partial charge in [0.25, 0.3) is 5.91 Å². The third-order valence-corrected chi connectivity index (χ3v) is 8.37. The molecule has 28 heavy (non-hydrogen) atoms. The Morgan fingerprint density at radius 3 is 2.36 bits per heavy atom. The highest BCUT2D eigenvalue weighted by Gasteiger charge is 2.63. The van der Waals surface area contributed by atoms with E-state index >= 15 is 0 Å². The molecular formula is C24H27ClN2O. The van der Waals surface area contributed by atoms with Gasteiger partial charge < -0.3 is 0 Å². The highest BCUT2D eigenvalue weighted by Crippen LogP contribution is 2.61. The Labute approximate surface area is 171 Å². The molecule has 5 fully saturated rings. The van der Waals surface area contributed by atoms with Gasteiger partial charge >= 0.3 is 0 Å². The lowest BCUT2D eigenvalue weighted by molar-refractivity contribution is -0.169. The summed E-state index contributed by atoms with van der Waals surface area (Å²) in [5, 5.41) is 6.87. The number of alkyl halides is 1. The van der Waals surface area contributed by atoms with Gasteiger partial charge in [-0.1, -0.05) is 36.4 Å². The van der Waals surface area contributed by atoms with Crippen molar-refractivity contribution < 1.29 is 4.79 Å². The van der Waals surface area contributed by atoms with Crippen LogP contribution in [0.3, 0.4) is 0 Å². The molecule has 3 nitrogen and oxygen atoms in total. The molecule has 0 N–H and O–H groups in total. The molecule has 2 unspecified atom stereocenters. The minimum atomic E-state index is -0.503. The molecule has 1 heterocycles. The Balaban J connectivity index is 1.44. The Hall–Kier alpha value is -1.74. The van der Waals surface area contributed by atoms with E-state index < -0.39 is 5.54 Å². The maximum Gasteiger partial charge on any atom is 0.268 e. The number of fused-ring (bicyclic) bond motifs is 1. The average Bonchev–Trinajstić information content (AvgIpc) is 2.65. The van der Waals surface area contributed by atoms with Crippen LogP contribution in [0.5, 0.6) is 0 Å². The molecule has 5 aliphatic rings. The maximum atomic E-state index is 13.4. The highest BCUT2D eigenvalue weighted by molar-refractivity contribution is 6.24. The van der Waals surface area contributed by atoms with Crippen molar-refractivity contribution in [1.29, 1.82) is 0 Å². The molecule has 146 valence electrons. The zero-order chi connectivity index (χ0) is 19.3. The van der Waals surface area contributed by atoms with Gasteiger partial charge in [0.2, 0.25) is 0 Å². The molecule has 2 aromatic rings. The number of anilines is 1. The van der Waals surface area contributed by atoms with Crippen LogP contribution in [-0.4, -0.2) is 27.4 Å². The molecule has 4 heteroatoms. The van der Waals surface area contributed by atoms with Crippen LogP contribution in [0.2, 0.25) is 0 Å². The van der Waals surface area contributed by atoms with Crippen molar-refractivity contribution in [1.82, 2.24) is 5.01 Å². The van der Waals surface area contributed by atoms with Crippen molar-refractivity contribution in [3.05, 3.63) is 42.5 Å². The summed E-state index contributed by atoms with van der Waals surface area (Å²) in [5.74, 6) is 2.12. The quantitative estimate of drug-likeness (QED) is 0.639. The number of nitrogens with zero attached hydrogens (tertiary/aromatic N) is 2. The van der Waals surface area contributed by atoms with Crippen LogP contribution >= 0.6 is 11.6 Å². The first kappa shape index (κ1) is 17.1. The Morgan fingerprint density at radius 2 is 1.64 bits per heavy atom. The number of carbonyl (C=O) groups is 1. The van der Waals surface area contributed by atoms with Crippen molar-refractivity contribution in [2.45, 2.75) is 62.4 Å². The molecule has 7 rings (SSSR count). The minimum Gasteiger partial charge on any atom is -0.270 e. The van der Waals surface area contributed by atoms with Crippen molar-refractivity contribution in [2.24, 2.45) is 17.8 Å².